The zero-order valence-electron chi connectivity index (χ0n) is 10.8. The summed E-state index contributed by atoms with van der Waals surface area (Å²) in [6.07, 6.45) is 2.48. The molecule has 3 rings (SSSR count). The van der Waals surface area contributed by atoms with Gasteiger partial charge in [0.2, 0.25) is 0 Å². The number of carbonyl (C=O) groups is 1. The smallest absolute Gasteiger partial charge is 0.251 e. The van der Waals surface area contributed by atoms with E-state index in [2.05, 4.69) is 9.80 Å². The standard InChI is InChI=1S/C14H18FN3O/c15-13-8-10(3-4-12(13)14(16)19)18-7-6-17-5-1-2-11(17)9-18/h3-4,8,11H,1-2,5-7,9H2,(H2,16,19)/t11-/m0/s1. The largest absolute Gasteiger partial charge is 0.369 e. The Kier molecular flexibility index (Phi) is 3.14. The van der Waals surface area contributed by atoms with Crippen molar-refractivity contribution in [1.29, 1.82) is 0 Å². The molecule has 2 saturated heterocycles. The molecule has 2 aliphatic heterocycles. The maximum absolute atomic E-state index is 13.8. The predicted octanol–water partition coefficient (Wildman–Crippen LogP) is 1.21. The monoisotopic (exact) mass is 263 g/mol. The van der Waals surface area contributed by atoms with Gasteiger partial charge in [-0.1, -0.05) is 0 Å². The van der Waals surface area contributed by atoms with Gasteiger partial charge in [-0.25, -0.2) is 4.39 Å². The third-order valence-electron chi connectivity index (χ3n) is 4.17. The first-order valence-electron chi connectivity index (χ1n) is 6.73. The molecule has 1 aromatic rings. The minimum Gasteiger partial charge on any atom is -0.369 e. The second-order valence-electron chi connectivity index (χ2n) is 5.31. The van der Waals surface area contributed by atoms with Crippen LogP contribution < -0.4 is 10.6 Å². The molecule has 1 amide bonds. The Balaban J connectivity index is 1.79. The number of hydrogen-bond donors (Lipinski definition) is 1. The highest BCUT2D eigenvalue weighted by atomic mass is 19.1. The number of carbonyl (C=O) groups excluding carboxylic acids is 1. The van der Waals surface area contributed by atoms with E-state index in [9.17, 15) is 9.18 Å². The lowest BCUT2D eigenvalue weighted by atomic mass is 10.1. The summed E-state index contributed by atoms with van der Waals surface area (Å²) in [5, 5.41) is 0. The van der Waals surface area contributed by atoms with Gasteiger partial charge in [0.05, 0.1) is 5.56 Å². The van der Waals surface area contributed by atoms with Crippen molar-refractivity contribution in [2.75, 3.05) is 31.1 Å². The number of primary amides is 1. The van der Waals surface area contributed by atoms with Gasteiger partial charge in [-0.2, -0.15) is 0 Å². The van der Waals surface area contributed by atoms with Gasteiger partial charge in [0.15, 0.2) is 0 Å². The van der Waals surface area contributed by atoms with Crippen LogP contribution in [0.1, 0.15) is 23.2 Å². The summed E-state index contributed by atoms with van der Waals surface area (Å²) >= 11 is 0. The molecule has 102 valence electrons. The second kappa shape index (κ2) is 4.81. The number of benzene rings is 1. The fraction of sp³-hybridized carbons (Fsp3) is 0.500. The molecule has 0 bridgehead atoms. The van der Waals surface area contributed by atoms with Gasteiger partial charge in [0.1, 0.15) is 5.82 Å². The predicted molar refractivity (Wildman–Crippen MR) is 71.7 cm³/mol. The summed E-state index contributed by atoms with van der Waals surface area (Å²) in [5.41, 5.74) is 5.92. The summed E-state index contributed by atoms with van der Waals surface area (Å²) in [6.45, 7) is 4.07. The summed E-state index contributed by atoms with van der Waals surface area (Å²) in [6, 6.07) is 5.28. The van der Waals surface area contributed by atoms with Crippen LogP contribution >= 0.6 is 0 Å². The Labute approximate surface area is 112 Å². The molecular weight excluding hydrogens is 245 g/mol. The number of fused-ring (bicyclic) bond motifs is 1. The number of piperazine rings is 1. The van der Waals surface area contributed by atoms with Crippen molar-refractivity contribution in [3.05, 3.63) is 29.6 Å². The zero-order valence-corrected chi connectivity index (χ0v) is 10.8. The zero-order chi connectivity index (χ0) is 13.4. The van der Waals surface area contributed by atoms with E-state index in [1.807, 2.05) is 0 Å². The van der Waals surface area contributed by atoms with Crippen molar-refractivity contribution in [2.45, 2.75) is 18.9 Å². The highest BCUT2D eigenvalue weighted by molar-refractivity contribution is 5.93. The fourth-order valence-electron chi connectivity index (χ4n) is 3.13. The van der Waals surface area contributed by atoms with Gasteiger partial charge in [0, 0.05) is 31.4 Å². The first kappa shape index (κ1) is 12.4. The third kappa shape index (κ3) is 2.30. The summed E-state index contributed by atoms with van der Waals surface area (Å²) < 4.78 is 13.8. The molecule has 2 fully saturated rings. The quantitative estimate of drug-likeness (QED) is 0.872. The number of rotatable bonds is 2. The van der Waals surface area contributed by atoms with Gasteiger partial charge < -0.3 is 10.6 Å². The number of halogens is 1. The average molecular weight is 263 g/mol. The summed E-state index contributed by atoms with van der Waals surface area (Å²) in [5.74, 6) is -1.25. The first-order chi connectivity index (χ1) is 9.15. The maximum Gasteiger partial charge on any atom is 0.251 e. The molecular formula is C14H18FN3O. The Hall–Kier alpha value is -1.62. The van der Waals surface area contributed by atoms with Crippen LogP contribution in [-0.2, 0) is 0 Å². The van der Waals surface area contributed by atoms with E-state index in [0.717, 1.165) is 25.3 Å². The van der Waals surface area contributed by atoms with E-state index in [0.29, 0.717) is 6.04 Å². The minimum atomic E-state index is -0.718. The number of hydrogen-bond acceptors (Lipinski definition) is 3. The third-order valence-corrected chi connectivity index (χ3v) is 4.17. The summed E-state index contributed by atoms with van der Waals surface area (Å²) in [4.78, 5) is 15.7. The van der Waals surface area contributed by atoms with E-state index >= 15 is 0 Å². The van der Waals surface area contributed by atoms with E-state index in [1.165, 1.54) is 31.5 Å². The second-order valence-corrected chi connectivity index (χ2v) is 5.31. The number of anilines is 1. The van der Waals surface area contributed by atoms with E-state index in [-0.39, 0.29) is 5.56 Å². The molecule has 0 radical (unpaired) electrons. The Bertz CT molecular complexity index is 505. The molecule has 5 heteroatoms. The summed E-state index contributed by atoms with van der Waals surface area (Å²) in [7, 11) is 0. The molecule has 2 aliphatic rings. The lowest BCUT2D eigenvalue weighted by Gasteiger charge is -2.38. The number of nitrogens with two attached hydrogens (primary N) is 1. The SMILES string of the molecule is NC(=O)c1ccc(N2CCN3CCC[C@H]3C2)cc1F. The van der Waals surface area contributed by atoms with E-state index < -0.39 is 11.7 Å². The molecule has 0 aromatic heterocycles. The molecule has 1 aromatic carbocycles. The molecule has 4 nitrogen and oxygen atoms in total. The molecule has 19 heavy (non-hydrogen) atoms. The lowest BCUT2D eigenvalue weighted by molar-refractivity contribution is 0.0996. The van der Waals surface area contributed by atoms with Crippen molar-refractivity contribution in [3.8, 4) is 0 Å². The van der Waals surface area contributed by atoms with Crippen LogP contribution in [0.25, 0.3) is 0 Å². The van der Waals surface area contributed by atoms with E-state index in [1.54, 1.807) is 6.07 Å². The molecule has 0 unspecified atom stereocenters. The van der Waals surface area contributed by atoms with Crippen molar-refractivity contribution < 1.29 is 9.18 Å². The Morgan fingerprint density at radius 2 is 2.16 bits per heavy atom. The van der Waals surface area contributed by atoms with Crippen molar-refractivity contribution in [3.63, 3.8) is 0 Å². The van der Waals surface area contributed by atoms with Gasteiger partial charge in [0.25, 0.3) is 5.91 Å². The van der Waals surface area contributed by atoms with Crippen molar-refractivity contribution >= 4 is 11.6 Å². The van der Waals surface area contributed by atoms with Crippen LogP contribution in [0.2, 0.25) is 0 Å². The topological polar surface area (TPSA) is 49.6 Å². The van der Waals surface area contributed by atoms with Crippen LogP contribution in [0.5, 0.6) is 0 Å². The van der Waals surface area contributed by atoms with Crippen LogP contribution in [0.15, 0.2) is 18.2 Å². The van der Waals surface area contributed by atoms with Crippen LogP contribution in [-0.4, -0.2) is 43.0 Å². The normalized spacial score (nSPS) is 23.4. The van der Waals surface area contributed by atoms with E-state index in [4.69, 9.17) is 5.73 Å². The molecule has 0 aliphatic carbocycles. The minimum absolute atomic E-state index is 0.0387. The van der Waals surface area contributed by atoms with Gasteiger partial charge in [-0.3, -0.25) is 9.69 Å². The molecule has 0 spiro atoms. The number of nitrogens with zero attached hydrogens (tertiary/aromatic N) is 2. The van der Waals surface area contributed by atoms with Gasteiger partial charge >= 0.3 is 0 Å². The maximum atomic E-state index is 13.8. The number of amides is 1. The Morgan fingerprint density at radius 3 is 2.89 bits per heavy atom. The Morgan fingerprint density at radius 1 is 1.32 bits per heavy atom. The van der Waals surface area contributed by atoms with Crippen molar-refractivity contribution in [1.82, 2.24) is 4.90 Å². The lowest BCUT2D eigenvalue weighted by Crippen LogP contribution is -2.50. The van der Waals surface area contributed by atoms with Crippen LogP contribution in [0.4, 0.5) is 10.1 Å². The molecule has 1 atom stereocenters. The van der Waals surface area contributed by atoms with Gasteiger partial charge in [-0.05, 0) is 37.6 Å². The van der Waals surface area contributed by atoms with Crippen molar-refractivity contribution in [2.24, 2.45) is 5.73 Å². The molecule has 2 N–H and O–H groups in total. The first-order valence-corrected chi connectivity index (χ1v) is 6.73. The fourth-order valence-corrected chi connectivity index (χ4v) is 3.13. The molecule has 0 saturated carbocycles. The average Bonchev–Trinajstić information content (AvgIpc) is 2.85. The highest BCUT2D eigenvalue weighted by Crippen LogP contribution is 2.26. The molecule has 2 heterocycles. The van der Waals surface area contributed by atoms with Gasteiger partial charge in [-0.15, -0.1) is 0 Å². The van der Waals surface area contributed by atoms with Crippen LogP contribution in [0.3, 0.4) is 0 Å². The highest BCUT2D eigenvalue weighted by Gasteiger charge is 2.30. The van der Waals surface area contributed by atoms with Crippen LogP contribution in [0, 0.1) is 5.82 Å².